The van der Waals surface area contributed by atoms with Crippen LogP contribution in [0.25, 0.3) is 0 Å². The lowest BCUT2D eigenvalue weighted by atomic mass is 9.65. The Morgan fingerprint density at radius 2 is 1.89 bits per heavy atom. The molecule has 0 unspecified atom stereocenters. The van der Waals surface area contributed by atoms with Crippen molar-refractivity contribution >= 4 is 5.97 Å². The molecule has 0 radical (unpaired) electrons. The van der Waals surface area contributed by atoms with Gasteiger partial charge in [-0.1, -0.05) is 18.2 Å². The second-order valence-corrected chi connectivity index (χ2v) is 5.95. The van der Waals surface area contributed by atoms with Gasteiger partial charge in [0.1, 0.15) is 0 Å². The van der Waals surface area contributed by atoms with Gasteiger partial charge in [-0.25, -0.2) is 0 Å². The maximum atomic E-state index is 12.2. The number of carbonyl (C=O) groups is 1. The molecule has 1 aliphatic heterocycles. The highest BCUT2D eigenvalue weighted by molar-refractivity contribution is 5.83. The van der Waals surface area contributed by atoms with Crippen LogP contribution in [-0.4, -0.2) is 26.3 Å². The maximum absolute atomic E-state index is 12.2. The summed E-state index contributed by atoms with van der Waals surface area (Å²) >= 11 is 0. The fraction of sp³-hybridized carbons (Fsp3) is 0.562. The number of hydrogen-bond acceptors (Lipinski definition) is 3. The van der Waals surface area contributed by atoms with Crippen molar-refractivity contribution in [2.24, 2.45) is 5.41 Å². The lowest BCUT2D eigenvalue weighted by Gasteiger charge is -2.47. The number of aryl methyl sites for hydroxylation is 2. The Hall–Kier alpha value is -1.35. The lowest BCUT2D eigenvalue weighted by Crippen LogP contribution is -2.56. The molecule has 1 saturated carbocycles. The summed E-state index contributed by atoms with van der Waals surface area (Å²) in [6, 6.07) is 6.49. The monoisotopic (exact) mass is 260 g/mol. The highest BCUT2D eigenvalue weighted by atomic mass is 16.5. The van der Waals surface area contributed by atoms with Crippen molar-refractivity contribution < 1.29 is 14.3 Å². The molecule has 0 amide bonds. The summed E-state index contributed by atoms with van der Waals surface area (Å²) < 4.78 is 10.5. The first-order valence-electron chi connectivity index (χ1n) is 6.80. The molecule has 0 aromatic heterocycles. The molecule has 1 aromatic rings. The standard InChI is InChI=1S/C16H20O3/c1-11-4-5-13(8-12(11)2)16(9-19-10-16)15(6-7-15)14(17)18-3/h4-5,8H,6-7,9-10H2,1-3H3. The predicted molar refractivity (Wildman–Crippen MR) is 72.1 cm³/mol. The molecule has 102 valence electrons. The van der Waals surface area contributed by atoms with Crippen LogP contribution in [0.3, 0.4) is 0 Å². The first-order valence-corrected chi connectivity index (χ1v) is 6.80. The SMILES string of the molecule is COC(=O)C1(C2(c3ccc(C)c(C)c3)COC2)CC1. The van der Waals surface area contributed by atoms with Gasteiger partial charge in [-0.05, 0) is 43.4 Å². The Balaban J connectivity index is 2.04. The van der Waals surface area contributed by atoms with Crippen LogP contribution in [0.15, 0.2) is 18.2 Å². The lowest BCUT2D eigenvalue weighted by molar-refractivity contribution is -0.164. The van der Waals surface area contributed by atoms with Gasteiger partial charge in [-0.3, -0.25) is 4.79 Å². The molecule has 0 bridgehead atoms. The molecule has 19 heavy (non-hydrogen) atoms. The third-order valence-corrected chi connectivity index (χ3v) is 5.00. The van der Waals surface area contributed by atoms with Crippen LogP contribution < -0.4 is 0 Å². The van der Waals surface area contributed by atoms with Gasteiger partial charge < -0.3 is 9.47 Å². The molecule has 1 saturated heterocycles. The molecule has 0 spiro atoms. The summed E-state index contributed by atoms with van der Waals surface area (Å²) in [6.45, 7) is 5.48. The van der Waals surface area contributed by atoms with Gasteiger partial charge in [0.25, 0.3) is 0 Å². The first-order chi connectivity index (χ1) is 9.06. The van der Waals surface area contributed by atoms with Crippen LogP contribution in [0.5, 0.6) is 0 Å². The van der Waals surface area contributed by atoms with Crippen LogP contribution in [0, 0.1) is 19.3 Å². The van der Waals surface area contributed by atoms with E-state index < -0.39 is 0 Å². The largest absolute Gasteiger partial charge is 0.469 e. The Morgan fingerprint density at radius 1 is 1.21 bits per heavy atom. The van der Waals surface area contributed by atoms with Gasteiger partial charge >= 0.3 is 5.97 Å². The number of ether oxygens (including phenoxy) is 2. The third-order valence-electron chi connectivity index (χ3n) is 5.00. The molecule has 0 atom stereocenters. The molecule has 3 rings (SSSR count). The molecule has 1 aromatic carbocycles. The highest BCUT2D eigenvalue weighted by Crippen LogP contribution is 2.63. The Bertz CT molecular complexity index is 525. The summed E-state index contributed by atoms with van der Waals surface area (Å²) in [7, 11) is 1.48. The van der Waals surface area contributed by atoms with Crippen LogP contribution in [0.4, 0.5) is 0 Å². The van der Waals surface area contributed by atoms with Crippen LogP contribution in [0.1, 0.15) is 29.5 Å². The molecule has 1 aliphatic carbocycles. The first kappa shape index (κ1) is 12.7. The molecular weight excluding hydrogens is 240 g/mol. The topological polar surface area (TPSA) is 35.5 Å². The van der Waals surface area contributed by atoms with E-state index in [9.17, 15) is 4.79 Å². The zero-order valence-electron chi connectivity index (χ0n) is 11.8. The number of carbonyl (C=O) groups excluding carboxylic acids is 1. The summed E-state index contributed by atoms with van der Waals surface area (Å²) in [6.07, 6.45) is 1.83. The Kier molecular flexibility index (Phi) is 2.72. The fourth-order valence-corrected chi connectivity index (χ4v) is 3.26. The number of benzene rings is 1. The zero-order valence-corrected chi connectivity index (χ0v) is 11.8. The van der Waals surface area contributed by atoms with E-state index in [0.717, 1.165) is 12.8 Å². The zero-order chi connectivity index (χ0) is 13.7. The van der Waals surface area contributed by atoms with Gasteiger partial charge in [-0.2, -0.15) is 0 Å². The van der Waals surface area contributed by atoms with E-state index in [1.54, 1.807) is 0 Å². The van der Waals surface area contributed by atoms with E-state index in [1.807, 2.05) is 0 Å². The van der Waals surface area contributed by atoms with Crippen molar-refractivity contribution in [3.05, 3.63) is 34.9 Å². The third kappa shape index (κ3) is 1.57. The van der Waals surface area contributed by atoms with Crippen molar-refractivity contribution in [1.82, 2.24) is 0 Å². The number of rotatable bonds is 3. The molecule has 3 heteroatoms. The predicted octanol–water partition coefficient (Wildman–Crippen LogP) is 2.52. The van der Waals surface area contributed by atoms with Crippen LogP contribution in [0.2, 0.25) is 0 Å². The minimum Gasteiger partial charge on any atom is -0.469 e. The van der Waals surface area contributed by atoms with E-state index in [2.05, 4.69) is 32.0 Å². The average molecular weight is 260 g/mol. The second kappa shape index (κ2) is 4.07. The van der Waals surface area contributed by atoms with E-state index in [4.69, 9.17) is 9.47 Å². The van der Waals surface area contributed by atoms with Gasteiger partial charge in [0.05, 0.1) is 31.2 Å². The number of hydrogen-bond donors (Lipinski definition) is 0. The van der Waals surface area contributed by atoms with E-state index in [1.165, 1.54) is 23.8 Å². The van der Waals surface area contributed by atoms with Crippen molar-refractivity contribution in [3.8, 4) is 0 Å². The van der Waals surface area contributed by atoms with E-state index in [-0.39, 0.29) is 16.8 Å². The summed E-state index contributed by atoms with van der Waals surface area (Å²) in [4.78, 5) is 12.2. The van der Waals surface area contributed by atoms with Crippen molar-refractivity contribution in [2.75, 3.05) is 20.3 Å². The molecular formula is C16H20O3. The average Bonchev–Trinajstić information content (AvgIpc) is 3.13. The molecule has 1 heterocycles. The van der Waals surface area contributed by atoms with E-state index >= 15 is 0 Å². The van der Waals surface area contributed by atoms with Gasteiger partial charge in [0, 0.05) is 0 Å². The summed E-state index contributed by atoms with van der Waals surface area (Å²) in [5.41, 5.74) is 3.26. The minimum absolute atomic E-state index is 0.0750. The minimum atomic E-state index is -0.346. The van der Waals surface area contributed by atoms with E-state index in [0.29, 0.717) is 13.2 Å². The maximum Gasteiger partial charge on any atom is 0.312 e. The Labute approximate surface area is 113 Å². The number of esters is 1. The smallest absolute Gasteiger partial charge is 0.312 e. The summed E-state index contributed by atoms with van der Waals surface area (Å²) in [5, 5.41) is 0. The van der Waals surface area contributed by atoms with Crippen molar-refractivity contribution in [3.63, 3.8) is 0 Å². The summed E-state index contributed by atoms with van der Waals surface area (Å²) in [5.74, 6) is -0.0750. The van der Waals surface area contributed by atoms with Gasteiger partial charge in [0.2, 0.25) is 0 Å². The fourth-order valence-electron chi connectivity index (χ4n) is 3.26. The molecule has 2 fully saturated rings. The Morgan fingerprint density at radius 3 is 2.32 bits per heavy atom. The van der Waals surface area contributed by atoms with Gasteiger partial charge in [0.15, 0.2) is 0 Å². The van der Waals surface area contributed by atoms with Crippen LogP contribution >= 0.6 is 0 Å². The number of methoxy groups -OCH3 is 1. The normalized spacial score (nSPS) is 22.5. The van der Waals surface area contributed by atoms with Crippen LogP contribution in [-0.2, 0) is 19.7 Å². The molecule has 3 nitrogen and oxygen atoms in total. The quantitative estimate of drug-likeness (QED) is 0.783. The van der Waals surface area contributed by atoms with Crippen molar-refractivity contribution in [1.29, 1.82) is 0 Å². The second-order valence-electron chi connectivity index (χ2n) is 5.95. The van der Waals surface area contributed by atoms with Crippen molar-refractivity contribution in [2.45, 2.75) is 32.1 Å². The highest BCUT2D eigenvalue weighted by Gasteiger charge is 2.68. The van der Waals surface area contributed by atoms with Gasteiger partial charge in [-0.15, -0.1) is 0 Å². The molecule has 0 N–H and O–H groups in total. The molecule has 2 aliphatic rings.